The minimum absolute atomic E-state index is 0.000415. The van der Waals surface area contributed by atoms with E-state index in [-0.39, 0.29) is 18.6 Å². The van der Waals surface area contributed by atoms with Crippen LogP contribution < -0.4 is 4.74 Å². The van der Waals surface area contributed by atoms with Gasteiger partial charge >= 0.3 is 0 Å². The Morgan fingerprint density at radius 3 is 2.34 bits per heavy atom. The van der Waals surface area contributed by atoms with Crippen LogP contribution in [0.1, 0.15) is 24.1 Å². The summed E-state index contributed by atoms with van der Waals surface area (Å²) in [7, 11) is 0. The summed E-state index contributed by atoms with van der Waals surface area (Å²) in [6, 6.07) is 28.7. The molecule has 0 spiro atoms. The minimum atomic E-state index is -0.161. The highest BCUT2D eigenvalue weighted by molar-refractivity contribution is 8.18. The average Bonchev–Trinajstić information content (AvgIpc) is 3.13. The zero-order chi connectivity index (χ0) is 22.3. The van der Waals surface area contributed by atoms with Gasteiger partial charge in [0.15, 0.2) is 11.8 Å². The molecule has 0 radical (unpaired) electrons. The molecule has 1 aliphatic heterocycles. The molecule has 1 aliphatic rings. The minimum Gasteiger partial charge on any atom is -0.479 e. The fourth-order valence-corrected chi connectivity index (χ4v) is 4.39. The highest BCUT2D eigenvalue weighted by Gasteiger charge is 2.37. The zero-order valence-corrected chi connectivity index (χ0v) is 18.3. The lowest BCUT2D eigenvalue weighted by molar-refractivity contribution is -0.123. The first-order valence-corrected chi connectivity index (χ1v) is 11.0. The van der Waals surface area contributed by atoms with Crippen LogP contribution in [-0.2, 0) is 4.79 Å². The van der Waals surface area contributed by atoms with Crippen LogP contribution >= 0.6 is 11.8 Å². The van der Waals surface area contributed by atoms with Crippen molar-refractivity contribution in [2.75, 3.05) is 6.61 Å². The summed E-state index contributed by atoms with van der Waals surface area (Å²) in [5, 5.41) is 9.29. The first kappa shape index (κ1) is 21.4. The Balaban J connectivity index is 1.66. The number of carbonyl (C=O) groups excluding carboxylic acids is 1. The number of aliphatic imine (C=N–C) groups is 1. The Labute approximate surface area is 191 Å². The molecule has 1 heterocycles. The second-order valence-electron chi connectivity index (χ2n) is 7.12. The smallest absolute Gasteiger partial charge is 0.267 e. The second-order valence-corrected chi connectivity index (χ2v) is 8.13. The molecule has 1 saturated heterocycles. The lowest BCUT2D eigenvalue weighted by Gasteiger charge is -2.24. The van der Waals surface area contributed by atoms with Crippen molar-refractivity contribution < 1.29 is 9.53 Å². The molecule has 0 unspecified atom stereocenters. The zero-order valence-electron chi connectivity index (χ0n) is 17.5. The quantitative estimate of drug-likeness (QED) is 0.445. The van der Waals surface area contributed by atoms with Gasteiger partial charge in [0.05, 0.1) is 16.6 Å². The number of para-hydroxylation sites is 1. The van der Waals surface area contributed by atoms with Crippen molar-refractivity contribution in [3.63, 3.8) is 0 Å². The predicted molar refractivity (Wildman–Crippen MR) is 128 cm³/mol. The molecule has 1 atom stereocenters. The van der Waals surface area contributed by atoms with E-state index in [1.165, 1.54) is 11.8 Å². The van der Waals surface area contributed by atoms with Gasteiger partial charge in [-0.25, -0.2) is 4.99 Å². The molecule has 4 rings (SSSR count). The monoisotopic (exact) mass is 439 g/mol. The largest absolute Gasteiger partial charge is 0.479 e. The summed E-state index contributed by atoms with van der Waals surface area (Å²) in [5.74, 6) is 0.538. The number of benzene rings is 3. The fraction of sp³-hybridized carbons (Fsp3) is 0.115. The molecular formula is C26H21N3O2S. The number of nitriles is 1. The van der Waals surface area contributed by atoms with Crippen molar-refractivity contribution in [1.82, 2.24) is 4.90 Å². The molecule has 32 heavy (non-hydrogen) atoms. The van der Waals surface area contributed by atoms with Gasteiger partial charge in [0.1, 0.15) is 11.8 Å². The highest BCUT2D eigenvalue weighted by Crippen LogP contribution is 2.39. The molecule has 5 nitrogen and oxygen atoms in total. The number of hydrogen-bond acceptors (Lipinski definition) is 5. The van der Waals surface area contributed by atoms with E-state index in [1.807, 2.05) is 91.9 Å². The van der Waals surface area contributed by atoms with Crippen LogP contribution in [0.4, 0.5) is 5.69 Å². The Hall–Kier alpha value is -3.82. The van der Waals surface area contributed by atoms with Gasteiger partial charge in [-0.15, -0.1) is 0 Å². The van der Waals surface area contributed by atoms with Crippen LogP contribution in [0.5, 0.6) is 5.75 Å². The van der Waals surface area contributed by atoms with Crippen LogP contribution in [0.25, 0.3) is 6.08 Å². The van der Waals surface area contributed by atoms with E-state index in [4.69, 9.17) is 15.0 Å². The molecule has 1 fully saturated rings. The van der Waals surface area contributed by atoms with E-state index in [0.29, 0.717) is 15.8 Å². The van der Waals surface area contributed by atoms with Crippen molar-refractivity contribution in [2.45, 2.75) is 13.0 Å². The van der Waals surface area contributed by atoms with Gasteiger partial charge in [-0.1, -0.05) is 60.7 Å². The molecule has 158 valence electrons. The number of amidine groups is 1. The van der Waals surface area contributed by atoms with Gasteiger partial charge in [0, 0.05) is 0 Å². The maximum Gasteiger partial charge on any atom is 0.267 e. The number of hydrogen-bond donors (Lipinski definition) is 0. The van der Waals surface area contributed by atoms with Crippen molar-refractivity contribution in [2.24, 2.45) is 4.99 Å². The van der Waals surface area contributed by atoms with Crippen molar-refractivity contribution in [1.29, 1.82) is 5.26 Å². The highest BCUT2D eigenvalue weighted by atomic mass is 32.2. The van der Waals surface area contributed by atoms with Gasteiger partial charge in [-0.3, -0.25) is 9.69 Å². The van der Waals surface area contributed by atoms with Crippen LogP contribution in [0.3, 0.4) is 0 Å². The predicted octanol–water partition coefficient (Wildman–Crippen LogP) is 5.95. The Morgan fingerprint density at radius 2 is 1.69 bits per heavy atom. The third kappa shape index (κ3) is 4.90. The van der Waals surface area contributed by atoms with Gasteiger partial charge in [0.25, 0.3) is 5.91 Å². The van der Waals surface area contributed by atoms with Crippen molar-refractivity contribution in [3.05, 3.63) is 101 Å². The van der Waals surface area contributed by atoms with E-state index in [9.17, 15) is 4.79 Å². The summed E-state index contributed by atoms with van der Waals surface area (Å²) in [6.07, 6.45) is 1.86. The molecule has 0 bridgehead atoms. The molecule has 0 aliphatic carbocycles. The van der Waals surface area contributed by atoms with Crippen molar-refractivity contribution >= 4 is 34.6 Å². The molecule has 3 aromatic rings. The number of amides is 1. The lowest BCUT2D eigenvalue weighted by atomic mass is 10.1. The molecule has 6 heteroatoms. The normalized spacial score (nSPS) is 16.9. The van der Waals surface area contributed by atoms with Crippen molar-refractivity contribution in [3.8, 4) is 11.8 Å². The maximum absolute atomic E-state index is 13.4. The second kappa shape index (κ2) is 9.99. The molecule has 3 aromatic carbocycles. The molecule has 0 saturated carbocycles. The number of ether oxygens (including phenoxy) is 1. The van der Waals surface area contributed by atoms with E-state index >= 15 is 0 Å². The number of thioether (sulfide) groups is 1. The number of rotatable bonds is 6. The number of carbonyl (C=O) groups is 1. The molecule has 1 amide bonds. The standard InChI is InChI=1S/C26H21N3O2S/c1-19(21-8-4-2-5-9-21)29-25(30)24(32-26(29)28-22-10-6-3-7-11-22)18-20-12-14-23(15-13-20)31-17-16-27/h2-15,18-19H,17H2,1H3/b24-18+,28-26?/t19-/m0/s1. The Bertz CT molecular complexity index is 1180. The molecule has 0 aromatic heterocycles. The Morgan fingerprint density at radius 1 is 1.03 bits per heavy atom. The average molecular weight is 440 g/mol. The van der Waals surface area contributed by atoms with E-state index < -0.39 is 0 Å². The third-order valence-corrected chi connectivity index (χ3v) is 5.95. The summed E-state index contributed by atoms with van der Waals surface area (Å²) < 4.78 is 5.30. The number of nitrogens with zero attached hydrogens (tertiary/aromatic N) is 3. The summed E-state index contributed by atoms with van der Waals surface area (Å²) >= 11 is 1.37. The summed E-state index contributed by atoms with van der Waals surface area (Å²) in [5.41, 5.74) is 2.72. The SMILES string of the molecule is C[C@@H](c1ccccc1)N1C(=O)/C(=C\c2ccc(OCC#N)cc2)SC1=Nc1ccccc1. The van der Waals surface area contributed by atoms with E-state index in [2.05, 4.69) is 0 Å². The van der Waals surface area contributed by atoms with Crippen LogP contribution in [0.15, 0.2) is 94.8 Å². The summed E-state index contributed by atoms with van der Waals surface area (Å²) in [6.45, 7) is 2.01. The third-order valence-electron chi connectivity index (χ3n) is 4.97. The Kier molecular flexibility index (Phi) is 6.69. The first-order chi connectivity index (χ1) is 15.7. The van der Waals surface area contributed by atoms with Gasteiger partial charge < -0.3 is 4.74 Å². The summed E-state index contributed by atoms with van der Waals surface area (Å²) in [4.78, 5) is 20.6. The van der Waals surface area contributed by atoms with Crippen LogP contribution in [0, 0.1) is 11.3 Å². The van der Waals surface area contributed by atoms with E-state index in [0.717, 1.165) is 16.8 Å². The fourth-order valence-electron chi connectivity index (χ4n) is 3.33. The van der Waals surface area contributed by atoms with Crippen LogP contribution in [0.2, 0.25) is 0 Å². The van der Waals surface area contributed by atoms with Gasteiger partial charge in [0.2, 0.25) is 0 Å². The molecular weight excluding hydrogens is 418 g/mol. The van der Waals surface area contributed by atoms with Gasteiger partial charge in [-0.2, -0.15) is 5.26 Å². The first-order valence-electron chi connectivity index (χ1n) is 10.2. The lowest BCUT2D eigenvalue weighted by Crippen LogP contribution is -2.32. The van der Waals surface area contributed by atoms with Crippen LogP contribution in [-0.4, -0.2) is 22.6 Å². The molecule has 0 N–H and O–H groups in total. The van der Waals surface area contributed by atoms with Gasteiger partial charge in [-0.05, 0) is 60.2 Å². The maximum atomic E-state index is 13.4. The topological polar surface area (TPSA) is 65.7 Å². The van der Waals surface area contributed by atoms with E-state index in [1.54, 1.807) is 17.0 Å².